The second-order valence-electron chi connectivity index (χ2n) is 12.0. The van der Waals surface area contributed by atoms with Crippen LogP contribution in [0.2, 0.25) is 0 Å². The molecular weight excluding hydrogens is 476 g/mol. The number of carbonyl (C=O) groups is 3. The van der Waals surface area contributed by atoms with Crippen LogP contribution in [0, 0.1) is 28.6 Å². The summed E-state index contributed by atoms with van der Waals surface area (Å²) in [4.78, 5) is 39.6. The Morgan fingerprint density at radius 1 is 1.22 bits per heavy atom. The zero-order valence-electron chi connectivity index (χ0n) is 22.8. The number of Topliss-reactive ketones (excluding diaryl/α,β-unsaturated/α-hetero) is 1. The van der Waals surface area contributed by atoms with Gasteiger partial charge in [-0.05, 0) is 50.7 Å². The van der Waals surface area contributed by atoms with Gasteiger partial charge in [0.1, 0.15) is 30.0 Å². The molecule has 0 amide bonds. The lowest BCUT2D eigenvalue weighted by molar-refractivity contribution is -0.192. The maximum Gasteiger partial charge on any atom is 0.333 e. The summed E-state index contributed by atoms with van der Waals surface area (Å²) >= 11 is 0. The topological polar surface area (TPSA) is 130 Å². The van der Waals surface area contributed by atoms with E-state index in [0.29, 0.717) is 24.0 Å². The van der Waals surface area contributed by atoms with E-state index in [0.717, 1.165) is 0 Å². The van der Waals surface area contributed by atoms with Crippen LogP contribution in [0.15, 0.2) is 34.9 Å². The van der Waals surface area contributed by atoms with E-state index >= 15 is 0 Å². The first-order chi connectivity index (χ1) is 17.2. The van der Waals surface area contributed by atoms with Crippen LogP contribution in [0.4, 0.5) is 0 Å². The van der Waals surface area contributed by atoms with Gasteiger partial charge in [0.2, 0.25) is 0 Å². The van der Waals surface area contributed by atoms with Crippen molar-refractivity contribution in [3.63, 3.8) is 0 Å². The van der Waals surface area contributed by atoms with E-state index in [1.807, 2.05) is 20.8 Å². The third-order valence-electron chi connectivity index (χ3n) is 9.75. The Balaban J connectivity index is 1.88. The fraction of sp³-hybridized carbons (Fsp3) is 0.690. The molecule has 0 saturated heterocycles. The standard InChI is InChI=1S/C29H40O8/c1-8-10-20(30)37-28-13-17(5)27-12-16(4)22(31)29(27,35)23(32)18(14-36-25(34)15(3)9-2)11-19(24(27)33)21(28)26(28,6)7/h9,11-12,17,19,21-23,31-32,35H,8,10,13-14H2,1-7H3/b15-9-/t17-,19+,21-,22+,23-,27+,28+,29-/m1/s1. The van der Waals surface area contributed by atoms with Gasteiger partial charge in [-0.15, -0.1) is 0 Å². The summed E-state index contributed by atoms with van der Waals surface area (Å²) in [6.07, 6.45) is 2.80. The SMILES string of the molecule is C/C=C(/C)C(=O)OCC1=C[C@@H]2C(=O)[C@]3(C=C(C)[C@H](O)[C@@]3(O)[C@@H]1O)[C@H](C)C[C@]1(OC(=O)CCC)[C@H]2C1(C)C. The Morgan fingerprint density at radius 3 is 2.46 bits per heavy atom. The second-order valence-corrected chi connectivity index (χ2v) is 12.0. The predicted octanol–water partition coefficient (Wildman–Crippen LogP) is 2.80. The van der Waals surface area contributed by atoms with Crippen molar-refractivity contribution >= 4 is 17.7 Å². The van der Waals surface area contributed by atoms with Crippen molar-refractivity contribution in [1.82, 2.24) is 0 Å². The molecule has 37 heavy (non-hydrogen) atoms. The first kappa shape index (κ1) is 27.7. The Kier molecular flexibility index (Phi) is 6.66. The lowest BCUT2D eigenvalue weighted by Gasteiger charge is -2.48. The van der Waals surface area contributed by atoms with Crippen molar-refractivity contribution in [2.75, 3.05) is 6.61 Å². The number of allylic oxidation sites excluding steroid dienone is 2. The Hall–Kier alpha value is -2.29. The van der Waals surface area contributed by atoms with Crippen LogP contribution in [0.1, 0.15) is 67.7 Å². The molecule has 2 fully saturated rings. The summed E-state index contributed by atoms with van der Waals surface area (Å²) < 4.78 is 11.6. The fourth-order valence-corrected chi connectivity index (χ4v) is 7.56. The number of hydrogen-bond acceptors (Lipinski definition) is 8. The van der Waals surface area contributed by atoms with Crippen molar-refractivity contribution < 1.29 is 39.2 Å². The highest BCUT2D eigenvalue weighted by Crippen LogP contribution is 2.75. The summed E-state index contributed by atoms with van der Waals surface area (Å²) in [5.74, 6) is -3.05. The molecule has 0 aromatic heterocycles. The lowest BCUT2D eigenvalue weighted by Crippen LogP contribution is -2.65. The van der Waals surface area contributed by atoms with Gasteiger partial charge in [0.05, 0.1) is 5.41 Å². The Bertz CT molecular complexity index is 1110. The first-order valence-electron chi connectivity index (χ1n) is 13.2. The molecule has 4 aliphatic rings. The van der Waals surface area contributed by atoms with E-state index in [-0.39, 0.29) is 30.4 Å². The zero-order chi connectivity index (χ0) is 27.7. The van der Waals surface area contributed by atoms with Crippen molar-refractivity contribution in [2.45, 2.75) is 91.1 Å². The van der Waals surface area contributed by atoms with Crippen molar-refractivity contribution in [3.05, 3.63) is 34.9 Å². The molecule has 2 saturated carbocycles. The van der Waals surface area contributed by atoms with Crippen LogP contribution in [0.25, 0.3) is 0 Å². The normalized spacial score (nSPS) is 41.9. The number of aliphatic hydroxyl groups is 3. The minimum absolute atomic E-state index is 0.146. The summed E-state index contributed by atoms with van der Waals surface area (Å²) in [6.45, 7) is 12.2. The smallest absolute Gasteiger partial charge is 0.333 e. The quantitative estimate of drug-likeness (QED) is 0.279. The van der Waals surface area contributed by atoms with Gasteiger partial charge in [-0.2, -0.15) is 0 Å². The largest absolute Gasteiger partial charge is 0.458 e. The van der Waals surface area contributed by atoms with Crippen molar-refractivity contribution in [3.8, 4) is 0 Å². The lowest BCUT2D eigenvalue weighted by atomic mass is 9.59. The molecule has 8 heteroatoms. The van der Waals surface area contributed by atoms with Gasteiger partial charge in [0.15, 0.2) is 5.78 Å². The van der Waals surface area contributed by atoms with Crippen LogP contribution in [0.5, 0.6) is 0 Å². The monoisotopic (exact) mass is 516 g/mol. The minimum atomic E-state index is -2.27. The van der Waals surface area contributed by atoms with Gasteiger partial charge in [-0.3, -0.25) is 9.59 Å². The van der Waals surface area contributed by atoms with Gasteiger partial charge < -0.3 is 24.8 Å². The molecule has 0 radical (unpaired) electrons. The summed E-state index contributed by atoms with van der Waals surface area (Å²) in [5.41, 5.74) is -4.47. The summed E-state index contributed by atoms with van der Waals surface area (Å²) in [7, 11) is 0. The van der Waals surface area contributed by atoms with Crippen molar-refractivity contribution in [1.29, 1.82) is 0 Å². The van der Waals surface area contributed by atoms with Gasteiger partial charge in [-0.25, -0.2) is 4.79 Å². The molecule has 0 heterocycles. The third kappa shape index (κ3) is 3.48. The molecule has 0 aromatic carbocycles. The number of rotatable bonds is 6. The Morgan fingerprint density at radius 2 is 1.86 bits per heavy atom. The highest BCUT2D eigenvalue weighted by molar-refractivity contribution is 5.96. The second kappa shape index (κ2) is 8.89. The average molecular weight is 517 g/mol. The molecule has 0 aromatic rings. The number of esters is 2. The van der Waals surface area contributed by atoms with E-state index in [1.165, 1.54) is 0 Å². The third-order valence-corrected chi connectivity index (χ3v) is 9.75. The van der Waals surface area contributed by atoms with E-state index in [9.17, 15) is 29.7 Å². The number of hydrogen-bond donors (Lipinski definition) is 3. The highest BCUT2D eigenvalue weighted by atomic mass is 16.6. The molecule has 2 bridgehead atoms. The highest BCUT2D eigenvalue weighted by Gasteiger charge is 2.83. The van der Waals surface area contributed by atoms with Crippen LogP contribution >= 0.6 is 0 Å². The van der Waals surface area contributed by atoms with Gasteiger partial charge in [0, 0.05) is 29.2 Å². The van der Waals surface area contributed by atoms with Crippen molar-refractivity contribution in [2.24, 2.45) is 28.6 Å². The number of carbonyl (C=O) groups excluding carboxylic acids is 3. The molecule has 1 spiro atoms. The molecule has 204 valence electrons. The van der Waals surface area contributed by atoms with E-state index < -0.39 is 58.0 Å². The van der Waals surface area contributed by atoms with Crippen LogP contribution in [-0.4, -0.2) is 63.1 Å². The van der Waals surface area contributed by atoms with Crippen LogP contribution in [0.3, 0.4) is 0 Å². The van der Waals surface area contributed by atoms with Gasteiger partial charge in [0.25, 0.3) is 0 Å². The summed E-state index contributed by atoms with van der Waals surface area (Å²) in [6, 6.07) is 0. The molecule has 8 nitrogen and oxygen atoms in total. The van der Waals surface area contributed by atoms with Gasteiger partial charge >= 0.3 is 11.9 Å². The number of fused-ring (bicyclic) bond motifs is 3. The molecular formula is C29H40O8. The number of ether oxygens (including phenoxy) is 2. The average Bonchev–Trinajstić information content (AvgIpc) is 3.25. The molecule has 0 unspecified atom stereocenters. The Labute approximate surface area is 218 Å². The molecule has 0 aliphatic heterocycles. The van der Waals surface area contributed by atoms with E-state index in [4.69, 9.17) is 9.47 Å². The van der Waals surface area contributed by atoms with E-state index in [2.05, 4.69) is 0 Å². The maximum atomic E-state index is 14.5. The molecule has 3 N–H and O–H groups in total. The van der Waals surface area contributed by atoms with Crippen LogP contribution < -0.4 is 0 Å². The van der Waals surface area contributed by atoms with E-state index in [1.54, 1.807) is 45.9 Å². The number of ketones is 1. The predicted molar refractivity (Wildman–Crippen MR) is 135 cm³/mol. The zero-order valence-corrected chi connectivity index (χ0v) is 22.8. The minimum Gasteiger partial charge on any atom is -0.458 e. The van der Waals surface area contributed by atoms with Crippen LogP contribution in [-0.2, 0) is 23.9 Å². The fourth-order valence-electron chi connectivity index (χ4n) is 7.56. The number of aliphatic hydroxyl groups excluding tert-OH is 2. The molecule has 4 aliphatic carbocycles. The maximum absolute atomic E-state index is 14.5. The summed E-state index contributed by atoms with van der Waals surface area (Å²) in [5, 5.41) is 35.0. The van der Waals surface area contributed by atoms with Gasteiger partial charge in [-0.1, -0.05) is 45.9 Å². The molecule has 8 atom stereocenters. The molecule has 4 rings (SSSR count). The first-order valence-corrected chi connectivity index (χ1v) is 13.2.